The summed E-state index contributed by atoms with van der Waals surface area (Å²) in [6, 6.07) is 9.39. The van der Waals surface area contributed by atoms with E-state index in [9.17, 15) is 8.42 Å². The number of benzene rings is 2. The van der Waals surface area contributed by atoms with Gasteiger partial charge in [0, 0.05) is 10.5 Å². The van der Waals surface area contributed by atoms with Crippen LogP contribution in [0.5, 0.6) is 5.75 Å². The minimum atomic E-state index is -3.90. The molecule has 0 spiro atoms. The Morgan fingerprint density at radius 1 is 1.29 bits per heavy atom. The van der Waals surface area contributed by atoms with Gasteiger partial charge in [-0.1, -0.05) is 33.6 Å². The Hall–Kier alpha value is -1.44. The lowest BCUT2D eigenvalue weighted by Crippen LogP contribution is -2.15. The predicted molar refractivity (Wildman–Crippen MR) is 87.4 cm³/mol. The molecule has 0 atom stereocenters. The first kappa shape index (κ1) is 15.9. The van der Waals surface area contributed by atoms with Gasteiger partial charge in [0.1, 0.15) is 10.6 Å². The number of nitrogens with one attached hydrogen (secondary N) is 1. The number of ether oxygens (including phenoxy) is 1. The van der Waals surface area contributed by atoms with Crippen molar-refractivity contribution in [2.45, 2.75) is 4.90 Å². The lowest BCUT2D eigenvalue weighted by atomic mass is 10.3. The molecule has 0 fully saturated rings. The van der Waals surface area contributed by atoms with E-state index in [4.69, 9.17) is 22.1 Å². The summed E-state index contributed by atoms with van der Waals surface area (Å²) >= 11 is 9.22. The molecule has 3 N–H and O–H groups in total. The second-order valence-electron chi connectivity index (χ2n) is 4.14. The van der Waals surface area contributed by atoms with Crippen molar-refractivity contribution in [2.24, 2.45) is 0 Å². The molecule has 0 heterocycles. The fourth-order valence-corrected chi connectivity index (χ4v) is 3.95. The number of hydrogen-bond acceptors (Lipinski definition) is 4. The number of rotatable bonds is 4. The standard InChI is InChI=1S/C13H12BrClN2O3S/c1-20-10-6-8(14)5-9(7-10)17-21(18,19)13-11(15)3-2-4-12(13)16/h2-7,17H,16H2,1H3. The van der Waals surface area contributed by atoms with Crippen LogP contribution in [0, 0.1) is 0 Å². The van der Waals surface area contributed by atoms with Crippen molar-refractivity contribution < 1.29 is 13.2 Å². The van der Waals surface area contributed by atoms with Crippen molar-refractivity contribution in [3.63, 3.8) is 0 Å². The van der Waals surface area contributed by atoms with Gasteiger partial charge in [0.15, 0.2) is 0 Å². The Bertz CT molecular complexity index is 761. The van der Waals surface area contributed by atoms with Crippen LogP contribution in [0.2, 0.25) is 5.02 Å². The number of hydrogen-bond donors (Lipinski definition) is 2. The first-order valence-corrected chi connectivity index (χ1v) is 8.40. The van der Waals surface area contributed by atoms with Crippen LogP contribution in [-0.4, -0.2) is 15.5 Å². The van der Waals surface area contributed by atoms with E-state index < -0.39 is 10.0 Å². The highest BCUT2D eigenvalue weighted by Crippen LogP contribution is 2.31. The zero-order valence-electron chi connectivity index (χ0n) is 10.9. The summed E-state index contributed by atoms with van der Waals surface area (Å²) in [7, 11) is -2.41. The average molecular weight is 392 g/mol. The van der Waals surface area contributed by atoms with E-state index in [-0.39, 0.29) is 15.6 Å². The van der Waals surface area contributed by atoms with Gasteiger partial charge in [-0.3, -0.25) is 4.72 Å². The Morgan fingerprint density at radius 2 is 2.00 bits per heavy atom. The second kappa shape index (κ2) is 6.13. The van der Waals surface area contributed by atoms with Crippen LogP contribution in [-0.2, 0) is 10.0 Å². The van der Waals surface area contributed by atoms with Crippen LogP contribution in [0.1, 0.15) is 0 Å². The largest absolute Gasteiger partial charge is 0.497 e. The Morgan fingerprint density at radius 3 is 2.62 bits per heavy atom. The first-order valence-electron chi connectivity index (χ1n) is 5.75. The number of anilines is 2. The number of nitrogen functional groups attached to an aromatic ring is 1. The first-order chi connectivity index (χ1) is 9.83. The summed E-state index contributed by atoms with van der Waals surface area (Å²) in [5.74, 6) is 0.509. The van der Waals surface area contributed by atoms with E-state index in [0.717, 1.165) is 0 Å². The fraction of sp³-hybridized carbons (Fsp3) is 0.0769. The Kier molecular flexibility index (Phi) is 4.65. The topological polar surface area (TPSA) is 81.4 Å². The molecule has 0 aromatic heterocycles. The predicted octanol–water partition coefficient (Wildman–Crippen LogP) is 3.49. The highest BCUT2D eigenvalue weighted by molar-refractivity contribution is 9.10. The van der Waals surface area contributed by atoms with E-state index in [1.165, 1.54) is 19.2 Å². The smallest absolute Gasteiger partial charge is 0.265 e. The summed E-state index contributed by atoms with van der Waals surface area (Å²) in [6.45, 7) is 0. The lowest BCUT2D eigenvalue weighted by molar-refractivity contribution is 0.415. The van der Waals surface area contributed by atoms with E-state index in [2.05, 4.69) is 20.7 Å². The molecule has 0 saturated carbocycles. The molecule has 21 heavy (non-hydrogen) atoms. The summed E-state index contributed by atoms with van der Waals surface area (Å²) in [6.07, 6.45) is 0. The minimum absolute atomic E-state index is 0.0597. The van der Waals surface area contributed by atoms with Crippen molar-refractivity contribution in [1.82, 2.24) is 0 Å². The van der Waals surface area contributed by atoms with Gasteiger partial charge in [-0.05, 0) is 24.3 Å². The molecule has 8 heteroatoms. The summed E-state index contributed by atoms with van der Waals surface area (Å²) in [5, 5.41) is 0.0597. The normalized spacial score (nSPS) is 11.2. The molecular formula is C13H12BrClN2O3S. The molecule has 2 aromatic carbocycles. The van der Waals surface area contributed by atoms with Gasteiger partial charge in [0.25, 0.3) is 10.0 Å². The minimum Gasteiger partial charge on any atom is -0.497 e. The van der Waals surface area contributed by atoms with Crippen molar-refractivity contribution in [2.75, 3.05) is 17.6 Å². The highest BCUT2D eigenvalue weighted by Gasteiger charge is 2.21. The molecule has 2 rings (SSSR count). The van der Waals surface area contributed by atoms with E-state index in [1.807, 2.05) is 0 Å². The zero-order chi connectivity index (χ0) is 15.6. The van der Waals surface area contributed by atoms with Crippen LogP contribution >= 0.6 is 27.5 Å². The molecule has 0 aliphatic carbocycles. The van der Waals surface area contributed by atoms with Crippen molar-refractivity contribution in [3.8, 4) is 5.75 Å². The maximum absolute atomic E-state index is 12.4. The second-order valence-corrected chi connectivity index (χ2v) is 7.09. The summed E-state index contributed by atoms with van der Waals surface area (Å²) in [5.41, 5.74) is 6.12. The van der Waals surface area contributed by atoms with E-state index in [1.54, 1.807) is 24.3 Å². The number of sulfonamides is 1. The van der Waals surface area contributed by atoms with Gasteiger partial charge in [0.2, 0.25) is 0 Å². The molecule has 0 aliphatic heterocycles. The molecule has 112 valence electrons. The Balaban J connectivity index is 2.45. The highest BCUT2D eigenvalue weighted by atomic mass is 79.9. The van der Waals surface area contributed by atoms with Crippen LogP contribution in [0.3, 0.4) is 0 Å². The maximum atomic E-state index is 12.4. The van der Waals surface area contributed by atoms with Crippen molar-refractivity contribution >= 4 is 48.9 Å². The maximum Gasteiger partial charge on any atom is 0.265 e. The van der Waals surface area contributed by atoms with Gasteiger partial charge < -0.3 is 10.5 Å². The third kappa shape index (κ3) is 3.61. The lowest BCUT2D eigenvalue weighted by Gasteiger charge is -2.12. The van der Waals surface area contributed by atoms with E-state index in [0.29, 0.717) is 15.9 Å². The number of nitrogens with two attached hydrogens (primary N) is 1. The SMILES string of the molecule is COc1cc(Br)cc(NS(=O)(=O)c2c(N)cccc2Cl)c1. The fourth-order valence-electron chi connectivity index (χ4n) is 1.75. The molecule has 2 aromatic rings. The van der Waals surface area contributed by atoms with Crippen molar-refractivity contribution in [1.29, 1.82) is 0 Å². The third-order valence-corrected chi connectivity index (χ3v) is 5.01. The molecule has 0 bridgehead atoms. The molecule has 0 aliphatic rings. The zero-order valence-corrected chi connectivity index (χ0v) is 14.1. The van der Waals surface area contributed by atoms with Gasteiger partial charge >= 0.3 is 0 Å². The van der Waals surface area contributed by atoms with Gasteiger partial charge in [-0.25, -0.2) is 8.42 Å². The Labute approximate surface area is 136 Å². The van der Waals surface area contributed by atoms with Crippen LogP contribution in [0.25, 0.3) is 0 Å². The molecule has 0 radical (unpaired) electrons. The molecule has 0 saturated heterocycles. The summed E-state index contributed by atoms with van der Waals surface area (Å²) in [4.78, 5) is -0.148. The monoisotopic (exact) mass is 390 g/mol. The summed E-state index contributed by atoms with van der Waals surface area (Å²) < 4.78 is 33.0. The van der Waals surface area contributed by atoms with Crippen LogP contribution in [0.15, 0.2) is 45.8 Å². The quantitative estimate of drug-likeness (QED) is 0.782. The van der Waals surface area contributed by atoms with Gasteiger partial charge in [0.05, 0.1) is 23.5 Å². The van der Waals surface area contributed by atoms with Crippen LogP contribution < -0.4 is 15.2 Å². The van der Waals surface area contributed by atoms with Gasteiger partial charge in [-0.15, -0.1) is 0 Å². The third-order valence-electron chi connectivity index (χ3n) is 2.63. The number of halogens is 2. The molecule has 5 nitrogen and oxygen atoms in total. The van der Waals surface area contributed by atoms with Gasteiger partial charge in [-0.2, -0.15) is 0 Å². The molecule has 0 unspecified atom stereocenters. The number of methoxy groups -OCH3 is 1. The average Bonchev–Trinajstić information content (AvgIpc) is 2.36. The van der Waals surface area contributed by atoms with Crippen molar-refractivity contribution in [3.05, 3.63) is 45.9 Å². The van der Waals surface area contributed by atoms with Crippen LogP contribution in [0.4, 0.5) is 11.4 Å². The molecule has 0 amide bonds. The van der Waals surface area contributed by atoms with E-state index >= 15 is 0 Å². The molecular weight excluding hydrogens is 380 g/mol.